The van der Waals surface area contributed by atoms with Gasteiger partial charge in [-0.1, -0.05) is 18.5 Å². The molecule has 166 valence electrons. The first-order chi connectivity index (χ1) is 15.4. The lowest BCUT2D eigenvalue weighted by Gasteiger charge is -2.10. The van der Waals surface area contributed by atoms with Gasteiger partial charge in [-0.05, 0) is 62.2 Å². The summed E-state index contributed by atoms with van der Waals surface area (Å²) in [5, 5.41) is 3.56. The lowest BCUT2D eigenvalue weighted by Crippen LogP contribution is -2.20. The van der Waals surface area contributed by atoms with E-state index in [1.807, 2.05) is 44.3 Å². The Morgan fingerprint density at radius 3 is 2.75 bits per heavy atom. The standard InChI is InChI=1S/C24H26ClN5O2/c1-4-10-30-22-8-5-18(13-21(22)28-23(30)14-29-11-9-26-17(29)3)27-24(31)15-32-19-6-7-20(25)16(2)12-19/h5-9,11-13H,4,10,14-15H2,1-3H3,(H,27,31). The van der Waals surface area contributed by atoms with Gasteiger partial charge in [0.15, 0.2) is 6.61 Å². The number of ether oxygens (including phenoxy) is 1. The van der Waals surface area contributed by atoms with Crippen molar-refractivity contribution in [3.8, 4) is 5.75 Å². The van der Waals surface area contributed by atoms with Gasteiger partial charge in [0.25, 0.3) is 5.91 Å². The minimum Gasteiger partial charge on any atom is -0.484 e. The summed E-state index contributed by atoms with van der Waals surface area (Å²) in [7, 11) is 0. The normalized spacial score (nSPS) is 11.1. The number of fused-ring (bicyclic) bond motifs is 1. The fourth-order valence-corrected chi connectivity index (χ4v) is 3.74. The molecule has 2 heterocycles. The van der Waals surface area contributed by atoms with Crippen LogP contribution in [0.15, 0.2) is 48.8 Å². The fraction of sp³-hybridized carbons (Fsp3) is 0.292. The molecule has 1 N–H and O–H groups in total. The van der Waals surface area contributed by atoms with Gasteiger partial charge in [0.2, 0.25) is 0 Å². The predicted octanol–water partition coefficient (Wildman–Crippen LogP) is 4.98. The first-order valence-electron chi connectivity index (χ1n) is 10.6. The van der Waals surface area contributed by atoms with E-state index in [0.717, 1.165) is 41.2 Å². The van der Waals surface area contributed by atoms with Crippen LogP contribution in [-0.4, -0.2) is 31.6 Å². The van der Waals surface area contributed by atoms with Crippen molar-refractivity contribution in [2.45, 2.75) is 40.3 Å². The Balaban J connectivity index is 1.49. The van der Waals surface area contributed by atoms with E-state index in [-0.39, 0.29) is 12.5 Å². The van der Waals surface area contributed by atoms with Gasteiger partial charge in [-0.3, -0.25) is 4.79 Å². The zero-order valence-corrected chi connectivity index (χ0v) is 19.2. The van der Waals surface area contributed by atoms with Gasteiger partial charge in [-0.2, -0.15) is 0 Å². The van der Waals surface area contributed by atoms with E-state index in [1.54, 1.807) is 18.3 Å². The molecular formula is C24H26ClN5O2. The SMILES string of the molecule is CCCn1c(Cn2ccnc2C)nc2cc(NC(=O)COc3ccc(Cl)c(C)c3)ccc21. The van der Waals surface area contributed by atoms with E-state index in [0.29, 0.717) is 23.0 Å². The van der Waals surface area contributed by atoms with Crippen LogP contribution in [-0.2, 0) is 17.9 Å². The molecule has 0 aliphatic carbocycles. The number of hydrogen-bond donors (Lipinski definition) is 1. The number of carbonyl (C=O) groups is 1. The maximum Gasteiger partial charge on any atom is 0.262 e. The van der Waals surface area contributed by atoms with E-state index in [4.69, 9.17) is 21.3 Å². The summed E-state index contributed by atoms with van der Waals surface area (Å²) >= 11 is 6.03. The molecule has 0 spiro atoms. The third-order valence-electron chi connectivity index (χ3n) is 5.29. The monoisotopic (exact) mass is 451 g/mol. The molecule has 0 radical (unpaired) electrons. The number of benzene rings is 2. The van der Waals surface area contributed by atoms with Gasteiger partial charge in [0.05, 0.1) is 17.6 Å². The highest BCUT2D eigenvalue weighted by Crippen LogP contribution is 2.23. The number of halogens is 1. The predicted molar refractivity (Wildman–Crippen MR) is 126 cm³/mol. The van der Waals surface area contributed by atoms with Gasteiger partial charge >= 0.3 is 0 Å². The number of carbonyl (C=O) groups excluding carboxylic acids is 1. The molecule has 0 atom stereocenters. The molecule has 7 nitrogen and oxygen atoms in total. The zero-order valence-electron chi connectivity index (χ0n) is 18.4. The lowest BCUT2D eigenvalue weighted by molar-refractivity contribution is -0.118. The smallest absolute Gasteiger partial charge is 0.262 e. The Kier molecular flexibility index (Phi) is 6.46. The van der Waals surface area contributed by atoms with Gasteiger partial charge in [0.1, 0.15) is 17.4 Å². The van der Waals surface area contributed by atoms with E-state index >= 15 is 0 Å². The maximum absolute atomic E-state index is 12.4. The highest BCUT2D eigenvalue weighted by atomic mass is 35.5. The first-order valence-corrected chi connectivity index (χ1v) is 11.0. The number of hydrogen-bond acceptors (Lipinski definition) is 4. The topological polar surface area (TPSA) is 74.0 Å². The lowest BCUT2D eigenvalue weighted by atomic mass is 10.2. The first kappa shape index (κ1) is 21.9. The van der Waals surface area contributed by atoms with Crippen LogP contribution in [0.3, 0.4) is 0 Å². The van der Waals surface area contributed by atoms with Crippen molar-refractivity contribution in [3.05, 3.63) is 71.0 Å². The van der Waals surface area contributed by atoms with Crippen molar-refractivity contribution >= 4 is 34.2 Å². The quantitative estimate of drug-likeness (QED) is 0.410. The zero-order chi connectivity index (χ0) is 22.7. The molecule has 1 amide bonds. The number of nitrogens with zero attached hydrogens (tertiary/aromatic N) is 4. The number of anilines is 1. The molecule has 0 bridgehead atoms. The molecule has 0 aliphatic heterocycles. The van der Waals surface area contributed by atoms with Crippen molar-refractivity contribution in [2.75, 3.05) is 11.9 Å². The molecule has 0 saturated heterocycles. The van der Waals surface area contributed by atoms with Crippen molar-refractivity contribution in [2.24, 2.45) is 0 Å². The summed E-state index contributed by atoms with van der Waals surface area (Å²) in [5.41, 5.74) is 3.48. The van der Waals surface area contributed by atoms with Crippen LogP contribution in [0.25, 0.3) is 11.0 Å². The van der Waals surface area contributed by atoms with Crippen LogP contribution in [0.4, 0.5) is 5.69 Å². The number of aromatic nitrogens is 4. The Hall–Kier alpha value is -3.32. The number of imidazole rings is 2. The number of aryl methyl sites for hydroxylation is 3. The summed E-state index contributed by atoms with van der Waals surface area (Å²) < 4.78 is 9.89. The molecule has 0 unspecified atom stereocenters. The number of nitrogens with one attached hydrogen (secondary N) is 1. The molecule has 8 heteroatoms. The van der Waals surface area contributed by atoms with Crippen LogP contribution < -0.4 is 10.1 Å². The minimum atomic E-state index is -0.237. The van der Waals surface area contributed by atoms with E-state index in [9.17, 15) is 4.79 Å². The number of rotatable bonds is 8. The molecule has 0 saturated carbocycles. The summed E-state index contributed by atoms with van der Waals surface area (Å²) in [6.07, 6.45) is 4.75. The van der Waals surface area contributed by atoms with Crippen molar-refractivity contribution < 1.29 is 9.53 Å². The van der Waals surface area contributed by atoms with Crippen molar-refractivity contribution in [1.29, 1.82) is 0 Å². The Labute approximate surface area is 192 Å². The Morgan fingerprint density at radius 1 is 1.19 bits per heavy atom. The van der Waals surface area contributed by atoms with E-state index < -0.39 is 0 Å². The van der Waals surface area contributed by atoms with E-state index in [1.165, 1.54) is 0 Å². The summed E-state index contributed by atoms with van der Waals surface area (Å²) in [6.45, 7) is 7.46. The van der Waals surface area contributed by atoms with Crippen LogP contribution >= 0.6 is 11.6 Å². The van der Waals surface area contributed by atoms with Crippen LogP contribution in [0.1, 0.15) is 30.6 Å². The third kappa shape index (κ3) is 4.78. The van der Waals surface area contributed by atoms with Gasteiger partial charge in [-0.15, -0.1) is 0 Å². The van der Waals surface area contributed by atoms with Gasteiger partial charge in [-0.25, -0.2) is 9.97 Å². The summed E-state index contributed by atoms with van der Waals surface area (Å²) in [5.74, 6) is 2.28. The van der Waals surface area contributed by atoms with Crippen molar-refractivity contribution in [1.82, 2.24) is 19.1 Å². The van der Waals surface area contributed by atoms with Crippen LogP contribution in [0, 0.1) is 13.8 Å². The maximum atomic E-state index is 12.4. The second kappa shape index (κ2) is 9.44. The molecule has 2 aromatic carbocycles. The molecule has 4 aromatic rings. The molecular weight excluding hydrogens is 426 g/mol. The highest BCUT2D eigenvalue weighted by molar-refractivity contribution is 6.31. The summed E-state index contributed by atoms with van der Waals surface area (Å²) in [4.78, 5) is 21.5. The largest absolute Gasteiger partial charge is 0.484 e. The second-order valence-electron chi connectivity index (χ2n) is 7.73. The minimum absolute atomic E-state index is 0.0887. The summed E-state index contributed by atoms with van der Waals surface area (Å²) in [6, 6.07) is 11.1. The van der Waals surface area contributed by atoms with Gasteiger partial charge < -0.3 is 19.2 Å². The Bertz CT molecular complexity index is 1260. The van der Waals surface area contributed by atoms with Crippen LogP contribution in [0.5, 0.6) is 5.75 Å². The highest BCUT2D eigenvalue weighted by Gasteiger charge is 2.13. The number of amides is 1. The van der Waals surface area contributed by atoms with Gasteiger partial charge in [0, 0.05) is 29.6 Å². The molecule has 0 aliphatic rings. The third-order valence-corrected chi connectivity index (χ3v) is 5.72. The molecule has 32 heavy (non-hydrogen) atoms. The Morgan fingerprint density at radius 2 is 2.03 bits per heavy atom. The molecule has 2 aromatic heterocycles. The fourth-order valence-electron chi connectivity index (χ4n) is 3.63. The van der Waals surface area contributed by atoms with Crippen LogP contribution in [0.2, 0.25) is 5.02 Å². The molecule has 4 rings (SSSR count). The second-order valence-corrected chi connectivity index (χ2v) is 8.14. The average molecular weight is 452 g/mol. The van der Waals surface area contributed by atoms with Crippen molar-refractivity contribution in [3.63, 3.8) is 0 Å². The molecule has 0 fully saturated rings. The van der Waals surface area contributed by atoms with E-state index in [2.05, 4.69) is 26.4 Å². The average Bonchev–Trinajstić information content (AvgIpc) is 3.32.